The Morgan fingerprint density at radius 2 is 1.66 bits per heavy atom. The first-order valence-corrected chi connectivity index (χ1v) is 16.0. The van der Waals surface area contributed by atoms with E-state index in [1.165, 1.54) is 14.2 Å². The van der Waals surface area contributed by atoms with Gasteiger partial charge in [0.15, 0.2) is 6.29 Å². The maximum Gasteiger partial charge on any atom is 0.246 e. The molecule has 41 heavy (non-hydrogen) atoms. The number of carbonyl (C=O) groups is 3. The molecule has 3 N–H and O–H groups in total. The van der Waals surface area contributed by atoms with Crippen molar-refractivity contribution in [3.8, 4) is 0 Å². The van der Waals surface area contributed by atoms with Gasteiger partial charge in [-0.3, -0.25) is 19.3 Å². The fourth-order valence-electron chi connectivity index (χ4n) is 4.38. The summed E-state index contributed by atoms with van der Waals surface area (Å²) in [5.41, 5.74) is 0.934. The molecule has 2 amide bonds. The molecule has 2 aliphatic rings. The number of benzene rings is 1. The van der Waals surface area contributed by atoms with Crippen molar-refractivity contribution in [3.63, 3.8) is 0 Å². The highest BCUT2D eigenvalue weighted by Crippen LogP contribution is 2.27. The van der Waals surface area contributed by atoms with E-state index in [4.69, 9.17) is 23.7 Å². The lowest BCUT2D eigenvalue weighted by molar-refractivity contribution is -0.309. The molecule has 230 valence electrons. The summed E-state index contributed by atoms with van der Waals surface area (Å²) in [5.74, 6) is 1.21. The molecule has 2 fully saturated rings. The molecule has 1 aromatic carbocycles. The number of ether oxygens (including phenoxy) is 5. The maximum absolute atomic E-state index is 12.5. The zero-order valence-corrected chi connectivity index (χ0v) is 25.2. The summed E-state index contributed by atoms with van der Waals surface area (Å²) in [7, 11) is 6.51. The van der Waals surface area contributed by atoms with E-state index < -0.39 is 43.2 Å². The smallest absolute Gasteiger partial charge is 0.246 e. The summed E-state index contributed by atoms with van der Waals surface area (Å²) >= 11 is 0. The molecule has 0 bridgehead atoms. The number of rotatable bonds is 16. The van der Waals surface area contributed by atoms with Gasteiger partial charge in [0, 0.05) is 58.3 Å². The zero-order chi connectivity index (χ0) is 29.5. The Morgan fingerprint density at radius 3 is 2.32 bits per heavy atom. The number of nitrogens with one attached hydrogen (secondary N) is 2. The third-order valence-electron chi connectivity index (χ3n) is 6.52. The van der Waals surface area contributed by atoms with Gasteiger partial charge < -0.3 is 39.4 Å². The van der Waals surface area contributed by atoms with Crippen molar-refractivity contribution in [2.45, 2.75) is 43.7 Å². The van der Waals surface area contributed by atoms with Crippen LogP contribution < -0.4 is 10.6 Å². The minimum absolute atomic E-state index is 0.0495. The number of amides is 2. The second-order valence-corrected chi connectivity index (χ2v) is 12.3. The number of ketones is 1. The van der Waals surface area contributed by atoms with E-state index in [1.54, 1.807) is 0 Å². The van der Waals surface area contributed by atoms with E-state index in [-0.39, 0.29) is 37.9 Å². The highest BCUT2D eigenvalue weighted by molar-refractivity contribution is 8.76. The minimum Gasteiger partial charge on any atom is -0.387 e. The first kappa shape index (κ1) is 33.7. The van der Waals surface area contributed by atoms with Crippen LogP contribution in [0.3, 0.4) is 0 Å². The highest BCUT2D eigenvalue weighted by Gasteiger charge is 2.47. The van der Waals surface area contributed by atoms with Gasteiger partial charge in [0.05, 0.1) is 13.2 Å². The van der Waals surface area contributed by atoms with Crippen molar-refractivity contribution in [1.29, 1.82) is 0 Å². The van der Waals surface area contributed by atoms with E-state index in [0.29, 0.717) is 13.1 Å². The number of aliphatic hydroxyl groups is 1. The second kappa shape index (κ2) is 18.7. The SMILES string of the molecule is COCC1OC(OC)[C@@H](OCC(=O)NCc2ccccc2)[C@@H](OCC(=O)NCCC(=O)CN2CCSSCC2)[C@@H]1O. The molecular formula is C27H41N3O9S2. The molecule has 0 radical (unpaired) electrons. The lowest BCUT2D eigenvalue weighted by atomic mass is 9.98. The van der Waals surface area contributed by atoms with Gasteiger partial charge >= 0.3 is 0 Å². The van der Waals surface area contributed by atoms with Gasteiger partial charge in [0.2, 0.25) is 11.8 Å². The Bertz CT molecular complexity index is 938. The Morgan fingerprint density at radius 1 is 1.00 bits per heavy atom. The van der Waals surface area contributed by atoms with E-state index in [9.17, 15) is 19.5 Å². The highest BCUT2D eigenvalue weighted by atomic mass is 33.1. The van der Waals surface area contributed by atoms with Crippen molar-refractivity contribution < 1.29 is 43.2 Å². The van der Waals surface area contributed by atoms with Crippen LogP contribution in [0.5, 0.6) is 0 Å². The van der Waals surface area contributed by atoms with Crippen molar-refractivity contribution >= 4 is 39.2 Å². The standard InChI is InChI=1S/C27H41N3O9S2/c1-35-16-21-24(34)25(37-17-22(32)28-9-8-20(31)15-30-10-12-40-41-13-11-30)26(27(36-2)39-21)38-18-23(33)29-14-19-6-4-3-5-7-19/h3-7,21,24-27,34H,8-18H2,1-2H3,(H,28,32)(H,29,33)/t21?,24-,25+,26+,27?/m1/s1. The largest absolute Gasteiger partial charge is 0.387 e. The number of methoxy groups -OCH3 is 2. The van der Waals surface area contributed by atoms with Gasteiger partial charge in [0.1, 0.15) is 43.4 Å². The predicted molar refractivity (Wildman–Crippen MR) is 155 cm³/mol. The Balaban J connectivity index is 1.49. The monoisotopic (exact) mass is 615 g/mol. The number of Topliss-reactive ketones (excluding diaryl/α,β-unsaturated/α-hetero) is 1. The summed E-state index contributed by atoms with van der Waals surface area (Å²) < 4.78 is 27.9. The first-order chi connectivity index (χ1) is 19.9. The summed E-state index contributed by atoms with van der Waals surface area (Å²) in [4.78, 5) is 39.5. The van der Waals surface area contributed by atoms with Crippen LogP contribution in [0.15, 0.2) is 30.3 Å². The molecule has 0 saturated carbocycles. The number of aliphatic hydroxyl groups excluding tert-OH is 1. The van der Waals surface area contributed by atoms with Crippen molar-refractivity contribution in [3.05, 3.63) is 35.9 Å². The van der Waals surface area contributed by atoms with Gasteiger partial charge in [-0.05, 0) is 5.56 Å². The molecule has 0 spiro atoms. The van der Waals surface area contributed by atoms with Crippen LogP contribution in [0.25, 0.3) is 0 Å². The minimum atomic E-state index is -1.22. The molecular weight excluding hydrogens is 574 g/mol. The molecule has 12 nitrogen and oxygen atoms in total. The van der Waals surface area contributed by atoms with E-state index >= 15 is 0 Å². The molecule has 2 aliphatic heterocycles. The Hall–Kier alpha value is -1.75. The number of nitrogens with zero attached hydrogens (tertiary/aromatic N) is 1. The van der Waals surface area contributed by atoms with Crippen molar-refractivity contribution in [2.24, 2.45) is 0 Å². The van der Waals surface area contributed by atoms with Crippen LogP contribution in [0.4, 0.5) is 0 Å². The first-order valence-electron chi connectivity index (χ1n) is 13.6. The van der Waals surface area contributed by atoms with Crippen LogP contribution >= 0.6 is 21.6 Å². The topological polar surface area (TPSA) is 145 Å². The van der Waals surface area contributed by atoms with Gasteiger partial charge in [0.25, 0.3) is 0 Å². The number of hydrogen-bond donors (Lipinski definition) is 3. The van der Waals surface area contributed by atoms with Crippen molar-refractivity contribution in [1.82, 2.24) is 15.5 Å². The molecule has 1 aromatic rings. The number of hydrogen-bond acceptors (Lipinski definition) is 12. The molecule has 2 unspecified atom stereocenters. The third kappa shape index (κ3) is 11.8. The molecule has 2 heterocycles. The molecule has 0 aromatic heterocycles. The summed E-state index contributed by atoms with van der Waals surface area (Å²) in [6.07, 6.45) is -4.86. The fraction of sp³-hybridized carbons (Fsp3) is 0.667. The van der Waals surface area contributed by atoms with E-state index in [0.717, 1.165) is 30.2 Å². The van der Waals surface area contributed by atoms with Crippen LogP contribution in [0.1, 0.15) is 12.0 Å². The van der Waals surface area contributed by atoms with Gasteiger partial charge in [-0.15, -0.1) is 0 Å². The van der Waals surface area contributed by atoms with E-state index in [2.05, 4.69) is 15.5 Å². The van der Waals surface area contributed by atoms with Gasteiger partial charge in [-0.25, -0.2) is 0 Å². The quantitative estimate of drug-likeness (QED) is 0.219. The fourth-order valence-corrected chi connectivity index (χ4v) is 6.44. The van der Waals surface area contributed by atoms with Crippen LogP contribution in [0.2, 0.25) is 0 Å². The molecule has 0 aliphatic carbocycles. The zero-order valence-electron chi connectivity index (χ0n) is 23.5. The van der Waals surface area contributed by atoms with Crippen molar-refractivity contribution in [2.75, 3.05) is 71.7 Å². The summed E-state index contributed by atoms with van der Waals surface area (Å²) in [6.45, 7) is 1.95. The van der Waals surface area contributed by atoms with Crippen LogP contribution in [-0.4, -0.2) is 130 Å². The number of carbonyl (C=O) groups excluding carboxylic acids is 3. The molecule has 14 heteroatoms. The van der Waals surface area contributed by atoms with Crippen LogP contribution in [0, 0.1) is 0 Å². The van der Waals surface area contributed by atoms with E-state index in [1.807, 2.05) is 51.9 Å². The second-order valence-electron chi connectivity index (χ2n) is 9.60. The van der Waals surface area contributed by atoms with Gasteiger partial charge in [-0.1, -0.05) is 51.9 Å². The normalized spacial score (nSPS) is 25.3. The lowest BCUT2D eigenvalue weighted by Gasteiger charge is -2.43. The Labute approximate surface area is 248 Å². The average Bonchev–Trinajstić information content (AvgIpc) is 3.24. The van der Waals surface area contributed by atoms with Gasteiger partial charge in [-0.2, -0.15) is 0 Å². The average molecular weight is 616 g/mol. The Kier molecular flexibility index (Phi) is 15.4. The molecule has 3 rings (SSSR count). The predicted octanol–water partition coefficient (Wildman–Crippen LogP) is 0.224. The lowest BCUT2D eigenvalue weighted by Crippen LogP contribution is -2.61. The van der Waals surface area contributed by atoms with Crippen LogP contribution in [-0.2, 0) is 44.6 Å². The summed E-state index contributed by atoms with van der Waals surface area (Å²) in [5, 5.41) is 16.4. The molecule has 2 saturated heterocycles. The maximum atomic E-state index is 12.5. The molecule has 5 atom stereocenters. The summed E-state index contributed by atoms with van der Waals surface area (Å²) in [6, 6.07) is 9.43. The third-order valence-corrected chi connectivity index (χ3v) is 8.88.